The molecule has 2 aromatic rings. The lowest BCUT2D eigenvalue weighted by atomic mass is 9.93. The molecule has 0 atom stereocenters. The summed E-state index contributed by atoms with van der Waals surface area (Å²) in [7, 11) is 0. The van der Waals surface area contributed by atoms with E-state index >= 15 is 0 Å². The number of amides is 2. The van der Waals surface area contributed by atoms with E-state index in [1.807, 2.05) is 6.07 Å². The number of hydrogen-bond acceptors (Lipinski definition) is 3. The number of rotatable bonds is 0. The third-order valence-corrected chi connectivity index (χ3v) is 3.75. The fourth-order valence-electron chi connectivity index (χ4n) is 2.15. The van der Waals surface area contributed by atoms with Gasteiger partial charge in [0.05, 0.1) is 11.1 Å². The van der Waals surface area contributed by atoms with Crippen molar-refractivity contribution in [2.75, 3.05) is 0 Å². The average Bonchev–Trinajstić information content (AvgIpc) is 2.36. The summed E-state index contributed by atoms with van der Waals surface area (Å²) in [5.41, 5.74) is 1.17. The maximum absolute atomic E-state index is 11.9. The number of hydrogen-bond donors (Lipinski definition) is 1. The van der Waals surface area contributed by atoms with Crippen LogP contribution in [0, 0.1) is 11.3 Å². The number of nitrogens with zero attached hydrogens (tertiary/aromatic N) is 1. The summed E-state index contributed by atoms with van der Waals surface area (Å²) in [5, 5.41) is 12.6. The van der Waals surface area contributed by atoms with Gasteiger partial charge in [-0.05, 0) is 33.4 Å². The highest BCUT2D eigenvalue weighted by atomic mass is 79.9. The third kappa shape index (κ3) is 1.30. The Morgan fingerprint density at radius 3 is 2.72 bits per heavy atom. The van der Waals surface area contributed by atoms with Gasteiger partial charge >= 0.3 is 0 Å². The van der Waals surface area contributed by atoms with Gasteiger partial charge in [-0.15, -0.1) is 0 Å². The van der Waals surface area contributed by atoms with Crippen molar-refractivity contribution >= 4 is 38.5 Å². The smallest absolute Gasteiger partial charge is 0.259 e. The van der Waals surface area contributed by atoms with Crippen molar-refractivity contribution < 1.29 is 9.59 Å². The van der Waals surface area contributed by atoms with Gasteiger partial charge in [-0.25, -0.2) is 0 Å². The number of carbonyl (C=O) groups is 2. The standard InChI is InChI=1S/C13H5BrN2O2/c14-11-7(5-15)4-6-2-1-3-8-9(6)10(11)13(18)16-12(8)17/h1-4H,(H,16,17,18). The van der Waals surface area contributed by atoms with Gasteiger partial charge in [-0.2, -0.15) is 5.26 Å². The van der Waals surface area contributed by atoms with Crippen LogP contribution in [0.2, 0.25) is 0 Å². The molecule has 2 aromatic carbocycles. The first kappa shape index (κ1) is 10.9. The molecule has 5 heteroatoms. The van der Waals surface area contributed by atoms with Crippen LogP contribution in [0.15, 0.2) is 28.7 Å². The molecule has 1 aliphatic rings. The highest BCUT2D eigenvalue weighted by Gasteiger charge is 2.28. The predicted molar refractivity (Wildman–Crippen MR) is 68.2 cm³/mol. The van der Waals surface area contributed by atoms with Crippen LogP contribution in [0.4, 0.5) is 0 Å². The SMILES string of the molecule is N#Cc1cc2cccc3c2c(c1Br)C(=O)NC3=O. The Balaban J connectivity index is 2.60. The van der Waals surface area contributed by atoms with Gasteiger partial charge in [0, 0.05) is 15.4 Å². The van der Waals surface area contributed by atoms with Crippen LogP contribution in [-0.4, -0.2) is 11.8 Å². The van der Waals surface area contributed by atoms with Gasteiger partial charge in [0.15, 0.2) is 0 Å². The summed E-state index contributed by atoms with van der Waals surface area (Å²) in [6.07, 6.45) is 0. The quantitative estimate of drug-likeness (QED) is 0.759. The number of nitriles is 1. The summed E-state index contributed by atoms with van der Waals surface area (Å²) in [6.45, 7) is 0. The molecule has 0 aromatic heterocycles. The van der Waals surface area contributed by atoms with Crippen LogP contribution in [0.5, 0.6) is 0 Å². The van der Waals surface area contributed by atoms with E-state index in [1.165, 1.54) is 0 Å². The molecule has 0 saturated carbocycles. The van der Waals surface area contributed by atoms with E-state index in [4.69, 9.17) is 5.26 Å². The van der Waals surface area contributed by atoms with Crippen molar-refractivity contribution in [1.29, 1.82) is 5.26 Å². The number of imide groups is 1. The maximum Gasteiger partial charge on any atom is 0.259 e. The van der Waals surface area contributed by atoms with E-state index in [-0.39, 0.29) is 0 Å². The van der Waals surface area contributed by atoms with Crippen molar-refractivity contribution in [3.8, 4) is 6.07 Å². The van der Waals surface area contributed by atoms with Gasteiger partial charge in [-0.1, -0.05) is 12.1 Å². The largest absolute Gasteiger partial charge is 0.288 e. The van der Waals surface area contributed by atoms with Crippen molar-refractivity contribution in [3.05, 3.63) is 45.4 Å². The Bertz CT molecular complexity index is 775. The highest BCUT2D eigenvalue weighted by Crippen LogP contribution is 2.34. The van der Waals surface area contributed by atoms with Crippen molar-refractivity contribution in [1.82, 2.24) is 5.32 Å². The number of halogens is 1. The van der Waals surface area contributed by atoms with Crippen molar-refractivity contribution in [2.45, 2.75) is 0 Å². The minimum atomic E-state index is -0.479. The van der Waals surface area contributed by atoms with E-state index < -0.39 is 11.8 Å². The topological polar surface area (TPSA) is 70.0 Å². The lowest BCUT2D eigenvalue weighted by molar-refractivity contribution is 0.0844. The summed E-state index contributed by atoms with van der Waals surface area (Å²) < 4.78 is 0.426. The van der Waals surface area contributed by atoms with Gasteiger partial charge in [0.2, 0.25) is 0 Å². The molecular weight excluding hydrogens is 296 g/mol. The molecule has 1 heterocycles. The van der Waals surface area contributed by atoms with Crippen LogP contribution in [0.25, 0.3) is 10.8 Å². The molecule has 0 unspecified atom stereocenters. The zero-order chi connectivity index (χ0) is 12.9. The molecule has 1 aliphatic heterocycles. The normalized spacial score (nSPS) is 13.3. The van der Waals surface area contributed by atoms with E-state index in [0.29, 0.717) is 31.9 Å². The molecule has 0 spiro atoms. The van der Waals surface area contributed by atoms with E-state index in [9.17, 15) is 9.59 Å². The Kier molecular flexibility index (Phi) is 2.22. The number of carbonyl (C=O) groups excluding carboxylic acids is 2. The van der Waals surface area contributed by atoms with E-state index in [2.05, 4.69) is 21.2 Å². The van der Waals surface area contributed by atoms with Crippen LogP contribution < -0.4 is 5.32 Å². The van der Waals surface area contributed by atoms with Crippen molar-refractivity contribution in [3.63, 3.8) is 0 Å². The van der Waals surface area contributed by atoms with Crippen LogP contribution in [-0.2, 0) is 0 Å². The molecule has 0 saturated heterocycles. The fraction of sp³-hybridized carbons (Fsp3) is 0. The van der Waals surface area contributed by atoms with Gasteiger partial charge in [-0.3, -0.25) is 14.9 Å². The first-order valence-corrected chi connectivity index (χ1v) is 5.94. The molecule has 0 fully saturated rings. The maximum atomic E-state index is 11.9. The average molecular weight is 301 g/mol. The van der Waals surface area contributed by atoms with Gasteiger partial charge in [0.1, 0.15) is 6.07 Å². The second kappa shape index (κ2) is 3.65. The van der Waals surface area contributed by atoms with Gasteiger partial charge < -0.3 is 0 Å². The van der Waals surface area contributed by atoms with Crippen LogP contribution in [0.3, 0.4) is 0 Å². The molecule has 0 radical (unpaired) electrons. The Hall–Kier alpha value is -2.19. The predicted octanol–water partition coefficient (Wildman–Crippen LogP) is 2.36. The molecule has 4 nitrogen and oxygen atoms in total. The molecule has 1 N–H and O–H groups in total. The number of benzene rings is 2. The molecule has 2 amide bonds. The Morgan fingerprint density at radius 2 is 2.00 bits per heavy atom. The first-order chi connectivity index (χ1) is 8.63. The zero-order valence-electron chi connectivity index (χ0n) is 8.95. The monoisotopic (exact) mass is 300 g/mol. The van der Waals surface area contributed by atoms with E-state index in [1.54, 1.807) is 24.3 Å². The lowest BCUT2D eigenvalue weighted by Crippen LogP contribution is -2.35. The molecule has 3 rings (SSSR count). The molecule has 0 aliphatic carbocycles. The lowest BCUT2D eigenvalue weighted by Gasteiger charge is -2.18. The van der Waals surface area contributed by atoms with Crippen molar-refractivity contribution in [2.24, 2.45) is 0 Å². The minimum absolute atomic E-state index is 0.347. The summed E-state index contributed by atoms with van der Waals surface area (Å²) in [6, 6.07) is 8.86. The van der Waals surface area contributed by atoms with Crippen LogP contribution >= 0.6 is 15.9 Å². The third-order valence-electron chi connectivity index (χ3n) is 2.92. The Morgan fingerprint density at radius 1 is 1.22 bits per heavy atom. The molecular formula is C13H5BrN2O2. The summed E-state index contributed by atoms with van der Waals surface area (Å²) in [5.74, 6) is -0.887. The summed E-state index contributed by atoms with van der Waals surface area (Å²) in [4.78, 5) is 23.6. The number of nitrogens with one attached hydrogen (secondary N) is 1. The highest BCUT2D eigenvalue weighted by molar-refractivity contribution is 9.10. The second-order valence-electron chi connectivity index (χ2n) is 3.91. The fourth-order valence-corrected chi connectivity index (χ4v) is 2.73. The first-order valence-electron chi connectivity index (χ1n) is 5.14. The second-order valence-corrected chi connectivity index (χ2v) is 4.70. The minimum Gasteiger partial charge on any atom is -0.288 e. The summed E-state index contributed by atoms with van der Waals surface area (Å²) >= 11 is 3.26. The molecule has 86 valence electrons. The van der Waals surface area contributed by atoms with Gasteiger partial charge in [0.25, 0.3) is 11.8 Å². The molecule has 18 heavy (non-hydrogen) atoms. The molecule has 0 bridgehead atoms. The Labute approximate surface area is 110 Å². The van der Waals surface area contributed by atoms with E-state index in [0.717, 1.165) is 0 Å². The van der Waals surface area contributed by atoms with Crippen LogP contribution in [0.1, 0.15) is 26.3 Å². The zero-order valence-corrected chi connectivity index (χ0v) is 10.5.